The number of nitrogens with zero attached hydrogens (tertiary/aromatic N) is 3. The summed E-state index contributed by atoms with van der Waals surface area (Å²) in [5, 5.41) is 0.945. The van der Waals surface area contributed by atoms with Gasteiger partial charge in [-0.1, -0.05) is 42.8 Å². The second kappa shape index (κ2) is 8.78. The van der Waals surface area contributed by atoms with Crippen LogP contribution in [0.5, 0.6) is 0 Å². The molecule has 5 heteroatoms. The number of likely N-dealkylation sites (tertiary alicyclic amines) is 1. The van der Waals surface area contributed by atoms with E-state index in [0.717, 1.165) is 59.1 Å². The van der Waals surface area contributed by atoms with Gasteiger partial charge in [-0.2, -0.15) is 0 Å². The van der Waals surface area contributed by atoms with Crippen LogP contribution >= 0.6 is 11.3 Å². The number of hydrogen-bond donors (Lipinski definition) is 0. The number of pyridine rings is 1. The predicted octanol–water partition coefficient (Wildman–Crippen LogP) is 6.23. The first-order valence-corrected chi connectivity index (χ1v) is 12.6. The number of aromatic nitrogens is 2. The van der Waals surface area contributed by atoms with Crippen molar-refractivity contribution in [3.8, 4) is 10.4 Å². The molecule has 1 aliphatic heterocycles. The van der Waals surface area contributed by atoms with Crippen molar-refractivity contribution in [2.45, 2.75) is 64.8 Å². The molecule has 1 aromatic carbocycles. The molecule has 5 rings (SSSR count). The fourth-order valence-corrected chi connectivity index (χ4v) is 6.37. The van der Waals surface area contributed by atoms with E-state index in [9.17, 15) is 4.79 Å². The molecule has 3 heterocycles. The van der Waals surface area contributed by atoms with E-state index in [1.807, 2.05) is 38.1 Å². The molecule has 2 aromatic heterocycles. The Hall–Kier alpha value is -2.53. The quantitative estimate of drug-likeness (QED) is 0.468. The van der Waals surface area contributed by atoms with Gasteiger partial charge in [-0.3, -0.25) is 9.78 Å². The summed E-state index contributed by atoms with van der Waals surface area (Å²) in [5.41, 5.74) is 4.35. The zero-order valence-electron chi connectivity index (χ0n) is 19.0. The molecule has 3 aromatic rings. The van der Waals surface area contributed by atoms with Crippen LogP contribution in [0.1, 0.15) is 65.4 Å². The number of piperidine rings is 1. The van der Waals surface area contributed by atoms with Crippen molar-refractivity contribution < 1.29 is 4.79 Å². The van der Waals surface area contributed by atoms with Crippen molar-refractivity contribution in [3.63, 3.8) is 0 Å². The lowest BCUT2D eigenvalue weighted by atomic mass is 9.61. The van der Waals surface area contributed by atoms with Crippen LogP contribution in [0, 0.1) is 19.3 Å². The zero-order valence-corrected chi connectivity index (χ0v) is 19.8. The highest BCUT2D eigenvalue weighted by Gasteiger charge is 2.45. The van der Waals surface area contributed by atoms with E-state index in [1.165, 1.54) is 19.3 Å². The molecule has 1 unspecified atom stereocenters. The van der Waals surface area contributed by atoms with Gasteiger partial charge in [0, 0.05) is 24.0 Å². The van der Waals surface area contributed by atoms with Crippen LogP contribution in [0.3, 0.4) is 0 Å². The first-order chi connectivity index (χ1) is 15.5. The van der Waals surface area contributed by atoms with Crippen LogP contribution in [-0.4, -0.2) is 33.4 Å². The van der Waals surface area contributed by atoms with Crippen LogP contribution in [0.2, 0.25) is 0 Å². The van der Waals surface area contributed by atoms with Gasteiger partial charge in [0.15, 0.2) is 0 Å². The molecular formula is C27H31N3OS. The van der Waals surface area contributed by atoms with Gasteiger partial charge < -0.3 is 4.90 Å². The molecule has 1 atom stereocenters. The lowest BCUT2D eigenvalue weighted by molar-refractivity contribution is -0.00240. The van der Waals surface area contributed by atoms with E-state index >= 15 is 0 Å². The van der Waals surface area contributed by atoms with Gasteiger partial charge in [0.2, 0.25) is 0 Å². The fourth-order valence-electron chi connectivity index (χ4n) is 5.45. The molecule has 32 heavy (non-hydrogen) atoms. The lowest BCUT2D eigenvalue weighted by Crippen LogP contribution is -2.52. The molecule has 0 radical (unpaired) electrons. The maximum Gasteiger partial charge on any atom is 0.274 e. The summed E-state index contributed by atoms with van der Waals surface area (Å²) in [6.07, 6.45) is 8.10. The van der Waals surface area contributed by atoms with Gasteiger partial charge >= 0.3 is 0 Å². The van der Waals surface area contributed by atoms with Gasteiger partial charge in [0.1, 0.15) is 5.69 Å². The van der Waals surface area contributed by atoms with Crippen molar-refractivity contribution in [3.05, 3.63) is 70.6 Å². The van der Waals surface area contributed by atoms with Gasteiger partial charge in [-0.25, -0.2) is 4.98 Å². The maximum absolute atomic E-state index is 13.9. The average Bonchev–Trinajstić information content (AvgIpc) is 3.18. The Labute approximate surface area is 194 Å². The predicted molar refractivity (Wildman–Crippen MR) is 130 cm³/mol. The van der Waals surface area contributed by atoms with E-state index in [4.69, 9.17) is 9.97 Å². The summed E-state index contributed by atoms with van der Waals surface area (Å²) in [6.45, 7) is 4.88. The SMILES string of the molecule is Cc1cccc(CCC2CC3(CCC3)CCN2C(=O)c2nc(C)sc2-c2ccccc2)n1. The number of carbonyl (C=O) groups excluding carboxylic acids is 1. The summed E-state index contributed by atoms with van der Waals surface area (Å²) in [4.78, 5) is 26.4. The minimum atomic E-state index is 0.101. The van der Waals surface area contributed by atoms with Crippen LogP contribution < -0.4 is 0 Å². The van der Waals surface area contributed by atoms with Crippen molar-refractivity contribution >= 4 is 17.2 Å². The van der Waals surface area contributed by atoms with Crippen LogP contribution in [0.4, 0.5) is 0 Å². The maximum atomic E-state index is 13.9. The van der Waals surface area contributed by atoms with Crippen molar-refractivity contribution in [1.29, 1.82) is 0 Å². The normalized spacial score (nSPS) is 19.7. The van der Waals surface area contributed by atoms with Crippen LogP contribution in [0.25, 0.3) is 10.4 Å². The molecule has 0 bridgehead atoms. The third-order valence-electron chi connectivity index (χ3n) is 7.32. The fraction of sp³-hybridized carbons (Fsp3) is 0.444. The molecule has 1 spiro atoms. The lowest BCUT2D eigenvalue weighted by Gasteiger charge is -2.51. The molecule has 1 saturated heterocycles. The number of benzene rings is 1. The Morgan fingerprint density at radius 1 is 1.06 bits per heavy atom. The largest absolute Gasteiger partial charge is 0.334 e. The molecule has 166 valence electrons. The van der Waals surface area contributed by atoms with Gasteiger partial charge in [-0.05, 0) is 75.5 Å². The van der Waals surface area contributed by atoms with Crippen LogP contribution in [0.15, 0.2) is 48.5 Å². The highest BCUT2D eigenvalue weighted by Crippen LogP contribution is 2.51. The summed E-state index contributed by atoms with van der Waals surface area (Å²) in [6, 6.07) is 16.7. The number of rotatable bonds is 5. The molecule has 1 amide bonds. The molecular weight excluding hydrogens is 414 g/mol. The highest BCUT2D eigenvalue weighted by atomic mass is 32.1. The summed E-state index contributed by atoms with van der Waals surface area (Å²) < 4.78 is 0. The van der Waals surface area contributed by atoms with Crippen molar-refractivity contribution in [2.24, 2.45) is 5.41 Å². The Balaban J connectivity index is 1.41. The topological polar surface area (TPSA) is 46.1 Å². The average molecular weight is 446 g/mol. The third-order valence-corrected chi connectivity index (χ3v) is 8.34. The van der Waals surface area contributed by atoms with Gasteiger partial charge in [0.25, 0.3) is 5.91 Å². The van der Waals surface area contributed by atoms with E-state index in [1.54, 1.807) is 11.3 Å². The van der Waals surface area contributed by atoms with E-state index in [2.05, 4.69) is 29.2 Å². The standard InChI is InChI=1S/C27H31N3OS/c1-19-8-6-11-22(28-19)12-13-23-18-27(14-7-15-27)16-17-30(23)26(31)24-25(32-20(2)29-24)21-9-4-3-5-10-21/h3-6,8-11,23H,7,12-18H2,1-2H3. The Bertz CT molecular complexity index is 1100. The molecule has 4 nitrogen and oxygen atoms in total. The van der Waals surface area contributed by atoms with E-state index in [0.29, 0.717) is 11.1 Å². The number of thiazole rings is 1. The minimum Gasteiger partial charge on any atom is -0.334 e. The number of amides is 1. The Kier molecular flexibility index (Phi) is 5.85. The zero-order chi connectivity index (χ0) is 22.1. The van der Waals surface area contributed by atoms with E-state index < -0.39 is 0 Å². The van der Waals surface area contributed by atoms with Crippen LogP contribution in [-0.2, 0) is 6.42 Å². The van der Waals surface area contributed by atoms with Crippen molar-refractivity contribution in [2.75, 3.05) is 6.54 Å². The molecule has 2 fully saturated rings. The second-order valence-corrected chi connectivity index (χ2v) is 10.7. The number of aryl methyl sites for hydroxylation is 3. The summed E-state index contributed by atoms with van der Waals surface area (Å²) >= 11 is 1.62. The first-order valence-electron chi connectivity index (χ1n) is 11.8. The highest BCUT2D eigenvalue weighted by molar-refractivity contribution is 7.15. The third kappa shape index (κ3) is 4.23. The molecule has 0 N–H and O–H groups in total. The number of carbonyl (C=O) groups is 1. The Morgan fingerprint density at radius 2 is 1.88 bits per heavy atom. The Morgan fingerprint density at radius 3 is 2.59 bits per heavy atom. The molecule has 1 aliphatic carbocycles. The smallest absolute Gasteiger partial charge is 0.274 e. The van der Waals surface area contributed by atoms with Gasteiger partial charge in [-0.15, -0.1) is 11.3 Å². The van der Waals surface area contributed by atoms with E-state index in [-0.39, 0.29) is 11.9 Å². The second-order valence-electron chi connectivity index (χ2n) is 9.55. The monoisotopic (exact) mass is 445 g/mol. The van der Waals surface area contributed by atoms with Crippen molar-refractivity contribution in [1.82, 2.24) is 14.9 Å². The molecule has 2 aliphatic rings. The minimum absolute atomic E-state index is 0.101. The number of hydrogen-bond acceptors (Lipinski definition) is 4. The first kappa shape index (κ1) is 21.3. The summed E-state index contributed by atoms with van der Waals surface area (Å²) in [5.74, 6) is 0.101. The molecule has 1 saturated carbocycles. The van der Waals surface area contributed by atoms with Gasteiger partial charge in [0.05, 0.1) is 9.88 Å². The summed E-state index contributed by atoms with van der Waals surface area (Å²) in [7, 11) is 0.